The first kappa shape index (κ1) is 16.2. The molecule has 0 bridgehead atoms. The van der Waals surface area contributed by atoms with Gasteiger partial charge in [-0.25, -0.2) is 4.39 Å². The molecule has 2 fully saturated rings. The molecule has 20 heavy (non-hydrogen) atoms. The first-order valence-corrected chi connectivity index (χ1v) is 8.68. The molecule has 0 atom stereocenters. The Balaban J connectivity index is 1.55. The number of hydrogen-bond donors (Lipinski definition) is 1. The highest BCUT2D eigenvalue weighted by atomic mass is 19.1. The summed E-state index contributed by atoms with van der Waals surface area (Å²) in [6, 6.07) is 0. The van der Waals surface area contributed by atoms with Gasteiger partial charge < -0.3 is 10.1 Å². The van der Waals surface area contributed by atoms with Crippen LogP contribution in [0.4, 0.5) is 4.39 Å². The Hall–Kier alpha value is -0.150. The van der Waals surface area contributed by atoms with Crippen LogP contribution in [0.1, 0.15) is 64.2 Å². The lowest BCUT2D eigenvalue weighted by molar-refractivity contribution is 0.0135. The van der Waals surface area contributed by atoms with Crippen molar-refractivity contribution in [3.05, 3.63) is 0 Å². The van der Waals surface area contributed by atoms with Crippen molar-refractivity contribution in [2.24, 2.45) is 11.8 Å². The monoisotopic (exact) mass is 285 g/mol. The molecule has 0 aromatic carbocycles. The summed E-state index contributed by atoms with van der Waals surface area (Å²) in [5.74, 6) is 1.69. The molecule has 2 rings (SSSR count). The fourth-order valence-corrected chi connectivity index (χ4v) is 3.86. The summed E-state index contributed by atoms with van der Waals surface area (Å²) in [6.45, 7) is 1.95. The smallest absolute Gasteiger partial charge is 0.100 e. The van der Waals surface area contributed by atoms with Crippen LogP contribution in [0.25, 0.3) is 0 Å². The van der Waals surface area contributed by atoms with Gasteiger partial charge in [-0.15, -0.1) is 0 Å². The maximum absolute atomic E-state index is 13.1. The quantitative estimate of drug-likeness (QED) is 0.711. The lowest BCUT2D eigenvalue weighted by Gasteiger charge is -2.32. The first-order chi connectivity index (χ1) is 9.78. The van der Waals surface area contributed by atoms with Crippen LogP contribution in [0, 0.1) is 11.8 Å². The molecule has 2 nitrogen and oxygen atoms in total. The number of nitrogens with one attached hydrogen (secondary N) is 1. The van der Waals surface area contributed by atoms with E-state index in [2.05, 4.69) is 5.32 Å². The van der Waals surface area contributed by atoms with E-state index in [4.69, 9.17) is 4.74 Å². The third-order valence-corrected chi connectivity index (χ3v) is 5.16. The summed E-state index contributed by atoms with van der Waals surface area (Å²) < 4.78 is 19.1. The van der Waals surface area contributed by atoms with Crippen LogP contribution in [0.15, 0.2) is 0 Å². The lowest BCUT2D eigenvalue weighted by atomic mass is 9.77. The standard InChI is InChI=1S/C17H32FNO/c1-19-11-2-12-20-17-9-5-15(6-10-17)13-14-3-7-16(18)8-4-14/h14-17,19H,2-13H2,1H3. The molecular formula is C17H32FNO. The fourth-order valence-electron chi connectivity index (χ4n) is 3.86. The lowest BCUT2D eigenvalue weighted by Crippen LogP contribution is -2.25. The molecule has 0 radical (unpaired) electrons. The van der Waals surface area contributed by atoms with Crippen molar-refractivity contribution in [1.82, 2.24) is 5.32 Å². The number of alkyl halides is 1. The van der Waals surface area contributed by atoms with Crippen LogP contribution < -0.4 is 5.32 Å². The molecule has 0 heterocycles. The van der Waals surface area contributed by atoms with Gasteiger partial charge in [0.25, 0.3) is 0 Å². The predicted molar refractivity (Wildman–Crippen MR) is 81.7 cm³/mol. The van der Waals surface area contributed by atoms with Crippen LogP contribution >= 0.6 is 0 Å². The van der Waals surface area contributed by atoms with Crippen molar-refractivity contribution in [3.63, 3.8) is 0 Å². The van der Waals surface area contributed by atoms with E-state index in [0.717, 1.165) is 57.1 Å². The molecular weight excluding hydrogens is 253 g/mol. The van der Waals surface area contributed by atoms with Gasteiger partial charge in [-0.3, -0.25) is 0 Å². The second-order valence-electron chi connectivity index (χ2n) is 6.82. The molecule has 0 saturated heterocycles. The van der Waals surface area contributed by atoms with E-state index in [1.165, 1.54) is 32.1 Å². The van der Waals surface area contributed by atoms with Gasteiger partial charge in [0.15, 0.2) is 0 Å². The highest BCUT2D eigenvalue weighted by Gasteiger charge is 2.26. The van der Waals surface area contributed by atoms with Crippen molar-refractivity contribution in [3.8, 4) is 0 Å². The molecule has 2 aliphatic rings. The Morgan fingerprint density at radius 3 is 2.15 bits per heavy atom. The largest absolute Gasteiger partial charge is 0.378 e. The van der Waals surface area contributed by atoms with Gasteiger partial charge in [0.1, 0.15) is 6.17 Å². The molecule has 0 amide bonds. The molecule has 2 saturated carbocycles. The number of halogens is 1. The Bertz CT molecular complexity index is 245. The Kier molecular flexibility index (Phi) is 7.29. The summed E-state index contributed by atoms with van der Waals surface area (Å²) in [4.78, 5) is 0. The Morgan fingerprint density at radius 1 is 0.950 bits per heavy atom. The zero-order valence-corrected chi connectivity index (χ0v) is 13.1. The summed E-state index contributed by atoms with van der Waals surface area (Å²) >= 11 is 0. The van der Waals surface area contributed by atoms with Crippen LogP contribution in [-0.4, -0.2) is 32.5 Å². The summed E-state index contributed by atoms with van der Waals surface area (Å²) in [6.07, 6.45) is 11.5. The third-order valence-electron chi connectivity index (χ3n) is 5.16. The van der Waals surface area contributed by atoms with E-state index >= 15 is 0 Å². The average molecular weight is 285 g/mol. The zero-order valence-electron chi connectivity index (χ0n) is 13.1. The topological polar surface area (TPSA) is 21.3 Å². The Morgan fingerprint density at radius 2 is 1.55 bits per heavy atom. The summed E-state index contributed by atoms with van der Waals surface area (Å²) in [5, 5.41) is 3.15. The predicted octanol–water partition coefficient (Wildman–Crippen LogP) is 4.09. The molecule has 1 N–H and O–H groups in total. The van der Waals surface area contributed by atoms with E-state index in [1.807, 2.05) is 7.05 Å². The van der Waals surface area contributed by atoms with Crippen LogP contribution in [0.5, 0.6) is 0 Å². The van der Waals surface area contributed by atoms with Crippen LogP contribution in [0.2, 0.25) is 0 Å². The molecule has 0 spiro atoms. The van der Waals surface area contributed by atoms with E-state index in [1.54, 1.807) is 0 Å². The van der Waals surface area contributed by atoms with Crippen LogP contribution in [-0.2, 0) is 4.74 Å². The summed E-state index contributed by atoms with van der Waals surface area (Å²) in [7, 11) is 1.99. The molecule has 0 aliphatic heterocycles. The van der Waals surface area contributed by atoms with E-state index in [-0.39, 0.29) is 0 Å². The minimum atomic E-state index is -0.506. The van der Waals surface area contributed by atoms with Gasteiger partial charge in [0, 0.05) is 6.61 Å². The highest BCUT2D eigenvalue weighted by molar-refractivity contribution is 4.78. The number of hydrogen-bond acceptors (Lipinski definition) is 2. The maximum atomic E-state index is 13.1. The van der Waals surface area contributed by atoms with Crippen molar-refractivity contribution in [2.45, 2.75) is 76.5 Å². The van der Waals surface area contributed by atoms with Gasteiger partial charge in [-0.05, 0) is 89.6 Å². The molecule has 0 aromatic rings. The van der Waals surface area contributed by atoms with E-state index in [9.17, 15) is 4.39 Å². The minimum Gasteiger partial charge on any atom is -0.378 e. The van der Waals surface area contributed by atoms with Gasteiger partial charge in [-0.2, -0.15) is 0 Å². The SMILES string of the molecule is CNCCCOC1CCC(CC2CCC(F)CC2)CC1. The molecule has 3 heteroatoms. The van der Waals surface area contributed by atoms with Gasteiger partial charge >= 0.3 is 0 Å². The van der Waals surface area contributed by atoms with Crippen LogP contribution in [0.3, 0.4) is 0 Å². The van der Waals surface area contributed by atoms with Crippen molar-refractivity contribution in [2.75, 3.05) is 20.2 Å². The molecule has 0 aromatic heterocycles. The van der Waals surface area contributed by atoms with Gasteiger partial charge in [0.05, 0.1) is 6.10 Å². The van der Waals surface area contributed by atoms with Gasteiger partial charge in [-0.1, -0.05) is 0 Å². The Labute approximate surface area is 123 Å². The van der Waals surface area contributed by atoms with Gasteiger partial charge in [0.2, 0.25) is 0 Å². The number of ether oxygens (including phenoxy) is 1. The first-order valence-electron chi connectivity index (χ1n) is 8.68. The summed E-state index contributed by atoms with van der Waals surface area (Å²) in [5.41, 5.74) is 0. The molecule has 2 aliphatic carbocycles. The van der Waals surface area contributed by atoms with Crippen molar-refractivity contribution < 1.29 is 9.13 Å². The maximum Gasteiger partial charge on any atom is 0.100 e. The molecule has 118 valence electrons. The zero-order chi connectivity index (χ0) is 14.2. The normalized spacial score (nSPS) is 35.1. The highest BCUT2D eigenvalue weighted by Crippen LogP contribution is 2.36. The second kappa shape index (κ2) is 8.99. The number of rotatable bonds is 7. The van der Waals surface area contributed by atoms with E-state index < -0.39 is 6.17 Å². The molecule has 0 unspecified atom stereocenters. The fraction of sp³-hybridized carbons (Fsp3) is 1.00. The minimum absolute atomic E-state index is 0.504. The van der Waals surface area contributed by atoms with Crippen molar-refractivity contribution in [1.29, 1.82) is 0 Å². The second-order valence-corrected chi connectivity index (χ2v) is 6.82. The third kappa shape index (κ3) is 5.69. The van der Waals surface area contributed by atoms with E-state index in [0.29, 0.717) is 6.10 Å². The average Bonchev–Trinajstić information content (AvgIpc) is 2.48. The van der Waals surface area contributed by atoms with Crippen molar-refractivity contribution >= 4 is 0 Å².